The maximum Gasteiger partial charge on any atom is 0.355 e. The molecule has 7 N–H and O–H groups in total. The standard InChI is InChI=1S/C25H33NO10/c1-11(2)22(31)16(34-14(28)12-7-6-8-26-12)23(32)17(3)10-21(30)19(22,5)25(23,33)24(36-21)15(29)18(4)13(27)9-20(17,24)35-18/h6-8,11,13,15-16,26-27,29-33H,9-10H2,1-5H3/t13-,15+,16-,17+,18+,19+,20+,21-,22-,23-,24-,25-/m1/s1. The molecule has 8 rings (SSSR count). The zero-order chi connectivity index (χ0) is 26.3. The lowest BCUT2D eigenvalue weighted by Crippen LogP contribution is -2.75. The number of hydrogen-bond acceptors (Lipinski definition) is 10. The summed E-state index contributed by atoms with van der Waals surface area (Å²) in [6.45, 7) is 7.76. The molecule has 12 atom stereocenters. The Kier molecular flexibility index (Phi) is 3.64. The maximum atomic E-state index is 13.2. The zero-order valence-corrected chi connectivity index (χ0v) is 20.8. The van der Waals surface area contributed by atoms with Crippen LogP contribution in [0.1, 0.15) is 57.9 Å². The molecule has 5 heterocycles. The number of nitrogens with one attached hydrogen (secondary N) is 1. The summed E-state index contributed by atoms with van der Waals surface area (Å²) >= 11 is 0. The van der Waals surface area contributed by atoms with Crippen LogP contribution in [0, 0.1) is 16.7 Å². The van der Waals surface area contributed by atoms with Crippen molar-refractivity contribution in [1.82, 2.24) is 4.98 Å². The molecule has 0 radical (unpaired) electrons. The highest BCUT2D eigenvalue weighted by Gasteiger charge is 3.13. The first kappa shape index (κ1) is 23.5. The SMILES string of the molecule is CC(C)[C@@]1(O)[C@@H](OC(=O)c2ccc[nH]2)[C@@]2(O)[C@@]3(C)C[C@@]4(O)O[C@@]5([C@@H](O)[C@@]6(C)O[C@@]35C[C@H]6O)[C@@]2(O)[C@@]41C. The van der Waals surface area contributed by atoms with Gasteiger partial charge in [-0.15, -0.1) is 0 Å². The Morgan fingerprint density at radius 1 is 1.14 bits per heavy atom. The van der Waals surface area contributed by atoms with Crippen LogP contribution in [0.25, 0.3) is 0 Å². The Labute approximate surface area is 207 Å². The van der Waals surface area contributed by atoms with Gasteiger partial charge in [-0.05, 0) is 31.9 Å². The summed E-state index contributed by atoms with van der Waals surface area (Å²) in [6, 6.07) is 3.06. The topological polar surface area (TPSA) is 182 Å². The fourth-order valence-corrected chi connectivity index (χ4v) is 10.2. The second kappa shape index (κ2) is 5.57. The van der Waals surface area contributed by atoms with Crippen LogP contribution in [0.3, 0.4) is 0 Å². The first-order chi connectivity index (χ1) is 16.5. The Balaban J connectivity index is 1.56. The number of carbonyl (C=O) groups is 1. The number of aromatic nitrogens is 1. The number of rotatable bonds is 3. The Bertz CT molecular complexity index is 1220. The van der Waals surface area contributed by atoms with Crippen molar-refractivity contribution in [2.24, 2.45) is 16.7 Å². The van der Waals surface area contributed by atoms with Gasteiger partial charge in [0.25, 0.3) is 0 Å². The predicted octanol–water partition coefficient (Wildman–Crippen LogP) is -1.06. The molecule has 36 heavy (non-hydrogen) atoms. The van der Waals surface area contributed by atoms with Gasteiger partial charge in [0, 0.05) is 24.5 Å². The summed E-state index contributed by atoms with van der Waals surface area (Å²) in [6.07, 6.45) is -3.49. The van der Waals surface area contributed by atoms with Crippen molar-refractivity contribution < 1.29 is 49.6 Å². The summed E-state index contributed by atoms with van der Waals surface area (Å²) in [4.78, 5) is 16.0. The van der Waals surface area contributed by atoms with Crippen LogP contribution in [-0.2, 0) is 14.2 Å². The van der Waals surface area contributed by atoms with E-state index < -0.39 is 80.4 Å². The van der Waals surface area contributed by atoms with E-state index in [0.717, 1.165) is 0 Å². The number of H-pyrrole nitrogens is 1. The number of carbonyl (C=O) groups excluding carboxylic acids is 1. The third kappa shape index (κ3) is 1.54. The van der Waals surface area contributed by atoms with Gasteiger partial charge in [0.05, 0.1) is 11.5 Å². The van der Waals surface area contributed by atoms with E-state index in [0.29, 0.717) is 0 Å². The molecule has 0 amide bonds. The molecule has 7 aliphatic rings. The molecule has 2 spiro atoms. The summed E-state index contributed by atoms with van der Waals surface area (Å²) < 4.78 is 18.6. The molecular weight excluding hydrogens is 474 g/mol. The Morgan fingerprint density at radius 2 is 1.81 bits per heavy atom. The fraction of sp³-hybridized carbons (Fsp3) is 0.800. The average molecular weight is 508 g/mol. The summed E-state index contributed by atoms with van der Waals surface area (Å²) in [5, 5.41) is 73.1. The normalized spacial score (nSPS) is 63.5. The van der Waals surface area contributed by atoms with Gasteiger partial charge in [-0.2, -0.15) is 0 Å². The lowest BCUT2D eigenvalue weighted by Gasteiger charge is -2.58. The number of aromatic amines is 1. The highest BCUT2D eigenvalue weighted by Crippen LogP contribution is 2.93. The fourth-order valence-electron chi connectivity index (χ4n) is 10.2. The third-order valence-electron chi connectivity index (χ3n) is 11.8. The molecule has 3 aliphatic carbocycles. The molecule has 4 aliphatic heterocycles. The van der Waals surface area contributed by atoms with Crippen LogP contribution >= 0.6 is 0 Å². The molecule has 3 saturated carbocycles. The molecular formula is C25H33NO10. The number of aliphatic hydroxyl groups excluding tert-OH is 2. The minimum atomic E-state index is -2.55. The lowest BCUT2D eigenvalue weighted by molar-refractivity contribution is -0.366. The van der Waals surface area contributed by atoms with Gasteiger partial charge in [-0.25, -0.2) is 4.79 Å². The highest BCUT2D eigenvalue weighted by molar-refractivity contribution is 5.87. The summed E-state index contributed by atoms with van der Waals surface area (Å²) in [5.74, 6) is -3.87. The van der Waals surface area contributed by atoms with Crippen molar-refractivity contribution in [3.63, 3.8) is 0 Å². The Hall–Kier alpha value is -1.57. The molecule has 1 aromatic heterocycles. The summed E-state index contributed by atoms with van der Waals surface area (Å²) in [7, 11) is 0. The van der Waals surface area contributed by atoms with Gasteiger partial charge in [-0.3, -0.25) is 0 Å². The Morgan fingerprint density at radius 3 is 2.39 bits per heavy atom. The van der Waals surface area contributed by atoms with Crippen LogP contribution in [0.5, 0.6) is 0 Å². The number of ether oxygens (including phenoxy) is 3. The van der Waals surface area contributed by atoms with Crippen LogP contribution < -0.4 is 0 Å². The number of fused-ring (bicyclic) bond motifs is 1. The molecule has 11 heteroatoms. The smallest absolute Gasteiger partial charge is 0.355 e. The van der Waals surface area contributed by atoms with E-state index >= 15 is 0 Å². The largest absolute Gasteiger partial charge is 0.451 e. The van der Waals surface area contributed by atoms with Gasteiger partial charge in [0.1, 0.15) is 39.8 Å². The molecule has 4 saturated heterocycles. The van der Waals surface area contributed by atoms with E-state index in [1.807, 2.05) is 0 Å². The van der Waals surface area contributed by atoms with Gasteiger partial charge in [0.2, 0.25) is 0 Å². The predicted molar refractivity (Wildman–Crippen MR) is 118 cm³/mol. The summed E-state index contributed by atoms with van der Waals surface area (Å²) in [5.41, 5.74) is -16.2. The van der Waals surface area contributed by atoms with E-state index in [1.54, 1.807) is 26.8 Å². The zero-order valence-electron chi connectivity index (χ0n) is 20.8. The first-order valence-corrected chi connectivity index (χ1v) is 12.5. The second-order valence-corrected chi connectivity index (χ2v) is 12.8. The monoisotopic (exact) mass is 507 g/mol. The molecule has 8 bridgehead atoms. The number of esters is 1. The van der Waals surface area contributed by atoms with Gasteiger partial charge in [0.15, 0.2) is 17.5 Å². The van der Waals surface area contributed by atoms with Gasteiger partial charge < -0.3 is 49.8 Å². The average Bonchev–Trinajstić information content (AvgIpc) is 3.52. The minimum Gasteiger partial charge on any atom is -0.451 e. The molecule has 11 nitrogen and oxygen atoms in total. The molecule has 0 unspecified atom stereocenters. The van der Waals surface area contributed by atoms with E-state index in [2.05, 4.69) is 4.98 Å². The van der Waals surface area contributed by atoms with Gasteiger partial charge >= 0.3 is 5.97 Å². The van der Waals surface area contributed by atoms with Crippen LogP contribution in [0.2, 0.25) is 0 Å². The van der Waals surface area contributed by atoms with Crippen molar-refractivity contribution in [2.75, 3.05) is 0 Å². The van der Waals surface area contributed by atoms with Crippen molar-refractivity contribution in [3.8, 4) is 0 Å². The first-order valence-electron chi connectivity index (χ1n) is 12.5. The quantitative estimate of drug-likeness (QED) is 0.249. The molecule has 7 fully saturated rings. The van der Waals surface area contributed by atoms with Crippen LogP contribution in [0.4, 0.5) is 0 Å². The highest BCUT2D eigenvalue weighted by atomic mass is 16.7. The van der Waals surface area contributed by atoms with E-state index in [-0.39, 0.29) is 18.5 Å². The molecule has 0 aromatic carbocycles. The lowest BCUT2D eigenvalue weighted by atomic mass is 9.52. The van der Waals surface area contributed by atoms with E-state index in [1.165, 1.54) is 26.1 Å². The van der Waals surface area contributed by atoms with Crippen molar-refractivity contribution >= 4 is 5.97 Å². The number of aliphatic hydroxyl groups is 6. The van der Waals surface area contributed by atoms with Crippen LogP contribution in [-0.4, -0.2) is 99.3 Å². The second-order valence-electron chi connectivity index (χ2n) is 12.8. The maximum absolute atomic E-state index is 13.2. The minimum absolute atomic E-state index is 0.0672. The van der Waals surface area contributed by atoms with Crippen LogP contribution in [0.15, 0.2) is 18.3 Å². The van der Waals surface area contributed by atoms with Crippen molar-refractivity contribution in [2.45, 2.75) is 105 Å². The molecule has 1 aromatic rings. The molecule has 198 valence electrons. The third-order valence-corrected chi connectivity index (χ3v) is 11.8. The van der Waals surface area contributed by atoms with E-state index in [4.69, 9.17) is 14.2 Å². The number of hydrogen-bond donors (Lipinski definition) is 7. The van der Waals surface area contributed by atoms with Gasteiger partial charge in [-0.1, -0.05) is 20.8 Å². The van der Waals surface area contributed by atoms with E-state index in [9.17, 15) is 35.4 Å². The van der Waals surface area contributed by atoms with Crippen molar-refractivity contribution in [3.05, 3.63) is 24.0 Å². The van der Waals surface area contributed by atoms with Crippen molar-refractivity contribution in [1.29, 1.82) is 0 Å².